The summed E-state index contributed by atoms with van der Waals surface area (Å²) in [6.45, 7) is 2.22. The maximum absolute atomic E-state index is 11.6. The Labute approximate surface area is 85.2 Å². The Balaban J connectivity index is 2.01. The van der Waals surface area contributed by atoms with Crippen LogP contribution in [0.4, 0.5) is 0 Å². The molecule has 0 aromatic heterocycles. The Bertz CT molecular complexity index is 272. The number of carbonyl (C=O) groups excluding carboxylic acids is 1. The van der Waals surface area contributed by atoms with Gasteiger partial charge in [0.05, 0.1) is 5.41 Å². The molecule has 77 valence electrons. The number of hydrogen-bond donors (Lipinski definition) is 0. The highest BCUT2D eigenvalue weighted by Gasteiger charge is 2.58. The minimum Gasteiger partial charge on any atom is -0.273 e. The predicted molar refractivity (Wildman–Crippen MR) is 53.3 cm³/mol. The highest BCUT2D eigenvalue weighted by atomic mass is 16.1. The first-order valence-corrected chi connectivity index (χ1v) is 5.88. The summed E-state index contributed by atoms with van der Waals surface area (Å²) in [7, 11) is 0. The number of amides is 1. The molecule has 1 N–H and O–H groups in total. The smallest absolute Gasteiger partial charge is 0.244 e. The van der Waals surface area contributed by atoms with E-state index in [0.717, 1.165) is 30.6 Å². The molecule has 4 bridgehead atoms. The maximum Gasteiger partial charge on any atom is 0.244 e. The molecule has 0 heterocycles. The van der Waals surface area contributed by atoms with Gasteiger partial charge in [0.1, 0.15) is 0 Å². The molecule has 3 unspecified atom stereocenters. The lowest BCUT2D eigenvalue weighted by Crippen LogP contribution is -2.55. The number of rotatable bonds is 1. The van der Waals surface area contributed by atoms with Crippen molar-refractivity contribution in [1.82, 2.24) is 5.73 Å². The van der Waals surface area contributed by atoms with E-state index in [0.29, 0.717) is 5.92 Å². The van der Waals surface area contributed by atoms with Gasteiger partial charge in [-0.1, -0.05) is 6.92 Å². The first-order chi connectivity index (χ1) is 6.62. The van der Waals surface area contributed by atoms with Gasteiger partial charge >= 0.3 is 0 Å². The van der Waals surface area contributed by atoms with Gasteiger partial charge in [-0.25, -0.2) is 0 Å². The zero-order valence-electron chi connectivity index (χ0n) is 8.75. The third-order valence-corrected chi connectivity index (χ3v) is 5.28. The Kier molecular flexibility index (Phi) is 1.58. The van der Waals surface area contributed by atoms with Gasteiger partial charge in [0.25, 0.3) is 0 Å². The molecule has 4 aliphatic carbocycles. The minimum absolute atomic E-state index is 0.214. The maximum atomic E-state index is 11.6. The fourth-order valence-corrected chi connectivity index (χ4v) is 4.69. The Morgan fingerprint density at radius 1 is 1.21 bits per heavy atom. The summed E-state index contributed by atoms with van der Waals surface area (Å²) in [5, 5.41) is 0. The molecule has 0 aliphatic heterocycles. The van der Waals surface area contributed by atoms with Crippen molar-refractivity contribution >= 4 is 5.91 Å². The minimum atomic E-state index is -0.260. The third kappa shape index (κ3) is 0.896. The summed E-state index contributed by atoms with van der Waals surface area (Å²) in [6.07, 6.45) is 6.09. The van der Waals surface area contributed by atoms with Crippen molar-refractivity contribution in [2.24, 2.45) is 29.1 Å². The lowest BCUT2D eigenvalue weighted by atomic mass is 9.45. The van der Waals surface area contributed by atoms with Gasteiger partial charge in [0, 0.05) is 0 Å². The molecule has 0 aromatic carbocycles. The largest absolute Gasteiger partial charge is 0.273 e. The van der Waals surface area contributed by atoms with Gasteiger partial charge in [-0.15, -0.1) is 0 Å². The summed E-state index contributed by atoms with van der Waals surface area (Å²) in [5.41, 5.74) is 7.33. The first-order valence-electron chi connectivity index (χ1n) is 5.88. The molecule has 1 radical (unpaired) electrons. The fourth-order valence-electron chi connectivity index (χ4n) is 4.69. The number of nitrogens with one attached hydrogen (secondary N) is 1. The van der Waals surface area contributed by atoms with Crippen LogP contribution in [0.5, 0.6) is 0 Å². The summed E-state index contributed by atoms with van der Waals surface area (Å²) < 4.78 is 0. The van der Waals surface area contributed by atoms with Crippen LogP contribution in [0.25, 0.3) is 0 Å². The Morgan fingerprint density at radius 3 is 2.29 bits per heavy atom. The molecule has 0 spiro atoms. The van der Waals surface area contributed by atoms with Gasteiger partial charge in [-0.2, -0.15) is 0 Å². The van der Waals surface area contributed by atoms with E-state index in [-0.39, 0.29) is 11.3 Å². The molecule has 4 rings (SSSR count). The zero-order valence-corrected chi connectivity index (χ0v) is 8.75. The van der Waals surface area contributed by atoms with Crippen LogP contribution in [0.15, 0.2) is 0 Å². The molecule has 0 saturated heterocycles. The van der Waals surface area contributed by atoms with E-state index in [1.807, 2.05) is 0 Å². The molecule has 2 heteroatoms. The molecule has 3 atom stereocenters. The molecular weight excluding hydrogens is 174 g/mol. The third-order valence-electron chi connectivity index (χ3n) is 5.28. The zero-order chi connectivity index (χ0) is 9.92. The van der Waals surface area contributed by atoms with E-state index < -0.39 is 0 Å². The van der Waals surface area contributed by atoms with E-state index >= 15 is 0 Å². The summed E-state index contributed by atoms with van der Waals surface area (Å²) in [4.78, 5) is 11.6. The van der Waals surface area contributed by atoms with Crippen molar-refractivity contribution in [3.8, 4) is 0 Å². The Morgan fingerprint density at radius 2 is 1.79 bits per heavy atom. The topological polar surface area (TPSA) is 40.9 Å². The monoisotopic (exact) mass is 192 g/mol. The van der Waals surface area contributed by atoms with Gasteiger partial charge in [-0.3, -0.25) is 10.5 Å². The quantitative estimate of drug-likeness (QED) is 0.628. The van der Waals surface area contributed by atoms with Crippen molar-refractivity contribution in [1.29, 1.82) is 0 Å². The van der Waals surface area contributed by atoms with Crippen LogP contribution in [0.3, 0.4) is 0 Å². The molecule has 0 aromatic rings. The van der Waals surface area contributed by atoms with E-state index in [4.69, 9.17) is 5.73 Å². The van der Waals surface area contributed by atoms with Crippen LogP contribution < -0.4 is 5.73 Å². The van der Waals surface area contributed by atoms with Crippen molar-refractivity contribution in [2.75, 3.05) is 0 Å². The Hall–Kier alpha value is -0.530. The standard InChI is InChI=1S/C12H18NO/c1-7-10-3-8-2-9(4-10)6-12(7,5-8)11(13)14/h7-10,13H,2-6H2,1H3. The highest BCUT2D eigenvalue weighted by molar-refractivity contribution is 5.81. The van der Waals surface area contributed by atoms with Crippen LogP contribution in [0.2, 0.25) is 0 Å². The van der Waals surface area contributed by atoms with Gasteiger partial charge in [0.2, 0.25) is 5.91 Å². The molecule has 2 nitrogen and oxygen atoms in total. The second-order valence-electron chi connectivity index (χ2n) is 5.88. The fraction of sp³-hybridized carbons (Fsp3) is 0.917. The van der Waals surface area contributed by atoms with Crippen LogP contribution in [-0.2, 0) is 4.79 Å². The second kappa shape index (κ2) is 2.53. The SMILES string of the molecule is CC1C2CC3CC(C2)CC1(C([NH])=O)C3. The van der Waals surface area contributed by atoms with Crippen LogP contribution in [-0.4, -0.2) is 5.91 Å². The highest BCUT2D eigenvalue weighted by Crippen LogP contribution is 2.62. The molecule has 4 saturated carbocycles. The van der Waals surface area contributed by atoms with E-state index in [9.17, 15) is 4.79 Å². The number of carbonyl (C=O) groups is 1. The van der Waals surface area contributed by atoms with Crippen molar-refractivity contribution in [2.45, 2.75) is 39.0 Å². The molecule has 1 amide bonds. The first kappa shape index (κ1) is 8.75. The van der Waals surface area contributed by atoms with Crippen LogP contribution in [0, 0.1) is 29.1 Å². The molecule has 4 aliphatic rings. The summed E-state index contributed by atoms with van der Waals surface area (Å²) in [6, 6.07) is 0. The molecule has 4 fully saturated rings. The summed E-state index contributed by atoms with van der Waals surface area (Å²) >= 11 is 0. The normalized spacial score (nSPS) is 54.9. The average molecular weight is 192 g/mol. The van der Waals surface area contributed by atoms with Gasteiger partial charge in [0.15, 0.2) is 0 Å². The number of hydrogen-bond acceptors (Lipinski definition) is 1. The van der Waals surface area contributed by atoms with E-state index in [1.165, 1.54) is 19.3 Å². The lowest BCUT2D eigenvalue weighted by Gasteiger charge is -2.58. The predicted octanol–water partition coefficient (Wildman–Crippen LogP) is 2.26. The second-order valence-corrected chi connectivity index (χ2v) is 5.88. The van der Waals surface area contributed by atoms with Crippen molar-refractivity contribution in [3.05, 3.63) is 0 Å². The average Bonchev–Trinajstić information content (AvgIpc) is 2.12. The lowest BCUT2D eigenvalue weighted by molar-refractivity contribution is -0.154. The molecule has 14 heavy (non-hydrogen) atoms. The van der Waals surface area contributed by atoms with Crippen molar-refractivity contribution < 1.29 is 4.79 Å². The van der Waals surface area contributed by atoms with Crippen molar-refractivity contribution in [3.63, 3.8) is 0 Å². The summed E-state index contributed by atoms with van der Waals surface area (Å²) in [5.74, 6) is 2.54. The van der Waals surface area contributed by atoms with Crippen LogP contribution in [0.1, 0.15) is 39.0 Å². The van der Waals surface area contributed by atoms with Crippen LogP contribution >= 0.6 is 0 Å². The van der Waals surface area contributed by atoms with E-state index in [1.54, 1.807) is 0 Å². The molecular formula is C12H18NO. The van der Waals surface area contributed by atoms with Gasteiger partial charge < -0.3 is 0 Å². The van der Waals surface area contributed by atoms with Gasteiger partial charge in [-0.05, 0) is 55.8 Å². The van der Waals surface area contributed by atoms with E-state index in [2.05, 4.69) is 6.92 Å².